The molecule has 0 aliphatic carbocycles. The van der Waals surface area contributed by atoms with Gasteiger partial charge < -0.3 is 19.6 Å². The molecule has 0 bridgehead atoms. The van der Waals surface area contributed by atoms with E-state index >= 15 is 0 Å². The van der Waals surface area contributed by atoms with Crippen LogP contribution in [0, 0.1) is 0 Å². The number of ether oxygens (including phenoxy) is 1. The van der Waals surface area contributed by atoms with Crippen LogP contribution in [0.25, 0.3) is 0 Å². The first kappa shape index (κ1) is 18.9. The van der Waals surface area contributed by atoms with Crippen LogP contribution >= 0.6 is 0 Å². The highest BCUT2D eigenvalue weighted by molar-refractivity contribution is 5.83. The van der Waals surface area contributed by atoms with E-state index in [2.05, 4.69) is 0 Å². The first-order valence-electron chi connectivity index (χ1n) is 8.27. The molecule has 0 radical (unpaired) electrons. The molecule has 2 rings (SSSR count). The summed E-state index contributed by atoms with van der Waals surface area (Å²) >= 11 is 0. The van der Waals surface area contributed by atoms with Crippen LogP contribution in [0.15, 0.2) is 24.3 Å². The van der Waals surface area contributed by atoms with Gasteiger partial charge in [-0.25, -0.2) is 0 Å². The molecule has 1 N–H and O–H groups in total. The van der Waals surface area contributed by atoms with Gasteiger partial charge in [0, 0.05) is 27.1 Å². The van der Waals surface area contributed by atoms with Crippen molar-refractivity contribution in [1.82, 2.24) is 9.80 Å². The maximum atomic E-state index is 12.7. The van der Waals surface area contributed by atoms with Crippen LogP contribution in [0.5, 0.6) is 0 Å². The largest absolute Gasteiger partial charge is 0.480 e. The number of nitrogens with zero attached hydrogens (tertiary/aromatic N) is 2. The summed E-state index contributed by atoms with van der Waals surface area (Å²) in [6.07, 6.45) is 0.816. The van der Waals surface area contributed by atoms with E-state index in [-0.39, 0.29) is 44.0 Å². The van der Waals surface area contributed by atoms with E-state index in [4.69, 9.17) is 9.84 Å². The van der Waals surface area contributed by atoms with E-state index in [9.17, 15) is 14.4 Å². The molecule has 0 saturated heterocycles. The minimum atomic E-state index is -1.07. The van der Waals surface area contributed by atoms with Crippen molar-refractivity contribution in [3.63, 3.8) is 0 Å². The summed E-state index contributed by atoms with van der Waals surface area (Å²) in [5.74, 6) is -1.46. The molecule has 7 nitrogen and oxygen atoms in total. The third-order valence-corrected chi connectivity index (χ3v) is 4.43. The lowest BCUT2D eigenvalue weighted by molar-refractivity contribution is -0.146. The zero-order valence-electron chi connectivity index (χ0n) is 14.6. The zero-order chi connectivity index (χ0) is 18.4. The van der Waals surface area contributed by atoms with E-state index in [1.165, 1.54) is 18.9 Å². The van der Waals surface area contributed by atoms with Crippen molar-refractivity contribution < 1.29 is 24.2 Å². The van der Waals surface area contributed by atoms with Gasteiger partial charge in [-0.3, -0.25) is 14.4 Å². The topological polar surface area (TPSA) is 87.2 Å². The highest BCUT2D eigenvalue weighted by Gasteiger charge is 2.32. The molecule has 1 aromatic rings. The van der Waals surface area contributed by atoms with Gasteiger partial charge in [0.2, 0.25) is 11.8 Å². The second-order valence-electron chi connectivity index (χ2n) is 6.08. The highest BCUT2D eigenvalue weighted by atomic mass is 16.5. The fourth-order valence-corrected chi connectivity index (χ4v) is 3.20. The summed E-state index contributed by atoms with van der Waals surface area (Å²) in [5.41, 5.74) is 2.08. The molecular weight excluding hydrogens is 324 g/mol. The Hall–Kier alpha value is -2.41. The van der Waals surface area contributed by atoms with Crippen LogP contribution in [0.4, 0.5) is 0 Å². The Morgan fingerprint density at radius 3 is 2.68 bits per heavy atom. The van der Waals surface area contributed by atoms with Crippen molar-refractivity contribution in [3.05, 3.63) is 35.4 Å². The Kier molecular flexibility index (Phi) is 6.52. The van der Waals surface area contributed by atoms with Gasteiger partial charge in [-0.15, -0.1) is 0 Å². The number of carbonyl (C=O) groups is 3. The van der Waals surface area contributed by atoms with Gasteiger partial charge in [0.15, 0.2) is 0 Å². The van der Waals surface area contributed by atoms with Crippen LogP contribution < -0.4 is 0 Å². The number of hydrogen-bond acceptors (Lipinski definition) is 4. The summed E-state index contributed by atoms with van der Waals surface area (Å²) in [5, 5.41) is 9.04. The molecule has 0 saturated carbocycles. The number of carbonyl (C=O) groups excluding carboxylic acids is 2. The molecule has 0 aromatic heterocycles. The van der Waals surface area contributed by atoms with Gasteiger partial charge in [0.25, 0.3) is 0 Å². The predicted octanol–water partition coefficient (Wildman–Crippen LogP) is 1.08. The lowest BCUT2D eigenvalue weighted by Gasteiger charge is -2.37. The zero-order valence-corrected chi connectivity index (χ0v) is 14.6. The second kappa shape index (κ2) is 8.62. The first-order chi connectivity index (χ1) is 11.9. The van der Waals surface area contributed by atoms with E-state index in [0.29, 0.717) is 6.54 Å². The number of aliphatic carboxylic acids is 1. The summed E-state index contributed by atoms with van der Waals surface area (Å²) in [6, 6.07) is 7.40. The monoisotopic (exact) mass is 348 g/mol. The maximum Gasteiger partial charge on any atom is 0.323 e. The van der Waals surface area contributed by atoms with Gasteiger partial charge >= 0.3 is 5.97 Å². The van der Waals surface area contributed by atoms with Crippen LogP contribution in [0.2, 0.25) is 0 Å². The minimum Gasteiger partial charge on any atom is -0.480 e. The average Bonchev–Trinajstić information content (AvgIpc) is 2.58. The van der Waals surface area contributed by atoms with Gasteiger partial charge in [-0.1, -0.05) is 24.3 Å². The number of hydrogen-bond donors (Lipinski definition) is 1. The first-order valence-corrected chi connectivity index (χ1v) is 8.27. The van der Waals surface area contributed by atoms with Gasteiger partial charge in [-0.05, 0) is 17.5 Å². The SMILES string of the molecule is COCCN(CC(=O)O)C(=O)C[C@H]1c2ccccc2CCN1C(C)=O. The number of methoxy groups -OCH3 is 1. The maximum absolute atomic E-state index is 12.7. The molecule has 1 aliphatic rings. The second-order valence-corrected chi connectivity index (χ2v) is 6.08. The lowest BCUT2D eigenvalue weighted by atomic mass is 9.90. The van der Waals surface area contributed by atoms with Crippen LogP contribution in [0.1, 0.15) is 30.5 Å². The van der Waals surface area contributed by atoms with E-state index < -0.39 is 5.97 Å². The third kappa shape index (κ3) is 4.79. The van der Waals surface area contributed by atoms with Crippen molar-refractivity contribution in [1.29, 1.82) is 0 Å². The Labute approximate surface area is 147 Å². The molecule has 136 valence electrons. The standard InChI is InChI=1S/C18H24N2O5/c1-13(21)20-8-7-14-5-3-4-6-15(14)16(20)11-17(22)19(9-10-25-2)12-18(23)24/h3-6,16H,7-12H2,1-2H3,(H,23,24)/t16-/m0/s1. The Bertz CT molecular complexity index is 646. The lowest BCUT2D eigenvalue weighted by Crippen LogP contribution is -2.43. The molecule has 0 spiro atoms. The third-order valence-electron chi connectivity index (χ3n) is 4.43. The number of benzene rings is 1. The summed E-state index contributed by atoms with van der Waals surface area (Å²) in [7, 11) is 1.50. The smallest absolute Gasteiger partial charge is 0.323 e. The molecule has 1 atom stereocenters. The molecule has 1 aliphatic heterocycles. The molecule has 1 aromatic carbocycles. The number of rotatable bonds is 7. The normalized spacial score (nSPS) is 16.2. The number of carboxylic acid groups (broad SMARTS) is 1. The highest BCUT2D eigenvalue weighted by Crippen LogP contribution is 2.32. The number of fused-ring (bicyclic) bond motifs is 1. The van der Waals surface area contributed by atoms with Gasteiger partial charge in [0.1, 0.15) is 6.54 Å². The van der Waals surface area contributed by atoms with E-state index in [0.717, 1.165) is 17.5 Å². The molecule has 25 heavy (non-hydrogen) atoms. The average molecular weight is 348 g/mol. The molecule has 0 fully saturated rings. The van der Waals surface area contributed by atoms with Crippen LogP contribution in [-0.4, -0.2) is 66.0 Å². The van der Waals surface area contributed by atoms with E-state index in [1.807, 2.05) is 24.3 Å². The summed E-state index contributed by atoms with van der Waals surface area (Å²) in [4.78, 5) is 38.7. The van der Waals surface area contributed by atoms with E-state index in [1.54, 1.807) is 4.90 Å². The van der Waals surface area contributed by atoms with Gasteiger partial charge in [-0.2, -0.15) is 0 Å². The van der Waals surface area contributed by atoms with Crippen molar-refractivity contribution in [2.75, 3.05) is 33.4 Å². The number of amides is 2. The Balaban J connectivity index is 2.22. The fourth-order valence-electron chi connectivity index (χ4n) is 3.20. The van der Waals surface area contributed by atoms with Crippen LogP contribution in [0.3, 0.4) is 0 Å². The van der Waals surface area contributed by atoms with Crippen molar-refractivity contribution in [2.24, 2.45) is 0 Å². The van der Waals surface area contributed by atoms with Crippen molar-refractivity contribution >= 4 is 17.8 Å². The quantitative estimate of drug-likeness (QED) is 0.797. The molecule has 7 heteroatoms. The molecule has 2 amide bonds. The molecule has 0 unspecified atom stereocenters. The van der Waals surface area contributed by atoms with Gasteiger partial charge in [0.05, 0.1) is 19.1 Å². The van der Waals surface area contributed by atoms with Crippen molar-refractivity contribution in [3.8, 4) is 0 Å². The van der Waals surface area contributed by atoms with Crippen LogP contribution in [-0.2, 0) is 25.5 Å². The summed E-state index contributed by atoms with van der Waals surface area (Å²) in [6.45, 7) is 2.13. The fraction of sp³-hybridized carbons (Fsp3) is 0.500. The molecular formula is C18H24N2O5. The summed E-state index contributed by atoms with van der Waals surface area (Å²) < 4.78 is 4.96. The molecule has 1 heterocycles. The minimum absolute atomic E-state index is 0.0631. The Morgan fingerprint density at radius 1 is 1.32 bits per heavy atom. The Morgan fingerprint density at radius 2 is 2.04 bits per heavy atom. The number of carboxylic acids is 1. The van der Waals surface area contributed by atoms with Crippen molar-refractivity contribution in [2.45, 2.75) is 25.8 Å². The predicted molar refractivity (Wildman–Crippen MR) is 91.0 cm³/mol.